The topological polar surface area (TPSA) is 105 Å². The summed E-state index contributed by atoms with van der Waals surface area (Å²) in [5, 5.41) is 5.74. The molecule has 2 N–H and O–H groups in total. The van der Waals surface area contributed by atoms with E-state index in [4.69, 9.17) is 11.2 Å². The van der Waals surface area contributed by atoms with Crippen molar-refractivity contribution in [2.24, 2.45) is 0 Å². The zero-order valence-electron chi connectivity index (χ0n) is 21.2. The van der Waals surface area contributed by atoms with Gasteiger partial charge in [0.05, 0.1) is 6.04 Å². The van der Waals surface area contributed by atoms with Gasteiger partial charge in [-0.25, -0.2) is 4.79 Å². The minimum atomic E-state index is -1.48. The molecule has 0 aromatic heterocycles. The summed E-state index contributed by atoms with van der Waals surface area (Å²) in [6.45, 7) is 2.16. The molecule has 0 aliphatic heterocycles. The van der Waals surface area contributed by atoms with Crippen LogP contribution >= 0.6 is 18.5 Å². The molecule has 0 bridgehead atoms. The quantitative estimate of drug-likeness (QED) is 0.0990. The van der Waals surface area contributed by atoms with E-state index in [0.717, 1.165) is 32.1 Å². The number of ether oxygens (including phenoxy) is 1. The zero-order valence-corrected chi connectivity index (χ0v) is 23.5. The predicted molar refractivity (Wildman–Crippen MR) is 145 cm³/mol. The molecule has 1 fully saturated rings. The van der Waals surface area contributed by atoms with Gasteiger partial charge in [-0.1, -0.05) is 19.8 Å². The van der Waals surface area contributed by atoms with Gasteiger partial charge in [-0.2, -0.15) is 8.78 Å². The number of amides is 3. The molecule has 1 aliphatic rings. The van der Waals surface area contributed by atoms with E-state index in [1.807, 2.05) is 6.92 Å². The van der Waals surface area contributed by atoms with Crippen molar-refractivity contribution in [1.29, 1.82) is 0 Å². The van der Waals surface area contributed by atoms with Crippen LogP contribution in [0, 0.1) is 12.3 Å². The lowest BCUT2D eigenvalue weighted by Crippen LogP contribution is -2.45. The van der Waals surface area contributed by atoms with Crippen LogP contribution in [0.5, 0.6) is 0 Å². The Labute approximate surface area is 222 Å². The smallest absolute Gasteiger partial charge is 0.317 e. The van der Waals surface area contributed by atoms with Crippen molar-refractivity contribution < 1.29 is 32.7 Å². The van der Waals surface area contributed by atoms with Gasteiger partial charge in [0.25, 0.3) is 0 Å². The van der Waals surface area contributed by atoms with Gasteiger partial charge in [0, 0.05) is 32.0 Å². The van der Waals surface area contributed by atoms with Gasteiger partial charge in [-0.05, 0) is 43.1 Å². The molecule has 0 heterocycles. The Hall–Kier alpha value is -2.36. The zero-order chi connectivity index (χ0) is 27.8. The molecule has 1 aliphatic carbocycles. The molecule has 0 spiro atoms. The summed E-state index contributed by atoms with van der Waals surface area (Å²) in [6.07, 6.45) is 10.5. The number of ketones is 1. The first-order valence-corrected chi connectivity index (χ1v) is 13.7. The lowest BCUT2D eigenvalue weighted by molar-refractivity contribution is -0.130. The van der Waals surface area contributed by atoms with Gasteiger partial charge in [-0.15, -0.1) is 24.9 Å². The minimum absolute atomic E-state index is 0.0269. The standard InChI is InChI=1S/C25H37F2N3O5P2/c1-3-12-30(25(34)28-17-8-5-6-9-17)13-7-10-22(33)29-19(11-14-31)20(32)15-35-24(21(37)16-36)23(27)18(26)4-2/h2,14,17,19H,3,5-13,15-16,36-37H2,1H3,(H,28,34)(H,29,33)/b23-18-,24-21-/t19-/m0/s1. The highest BCUT2D eigenvalue weighted by molar-refractivity contribution is 7.26. The molecule has 0 radical (unpaired) electrons. The summed E-state index contributed by atoms with van der Waals surface area (Å²) in [6, 6.07) is -1.16. The van der Waals surface area contributed by atoms with E-state index in [1.165, 1.54) is 5.92 Å². The maximum absolute atomic E-state index is 14.2. The fourth-order valence-electron chi connectivity index (χ4n) is 3.78. The molecule has 0 aromatic rings. The van der Waals surface area contributed by atoms with Gasteiger partial charge in [0.1, 0.15) is 12.9 Å². The normalized spacial score (nSPS) is 15.6. The largest absolute Gasteiger partial charge is 0.482 e. The number of Topliss-reactive ketones (excluding diaryl/α,β-unsaturated/α-hetero) is 1. The average molecular weight is 560 g/mol. The Morgan fingerprint density at radius 2 is 1.92 bits per heavy atom. The summed E-state index contributed by atoms with van der Waals surface area (Å²) in [7, 11) is 4.47. The summed E-state index contributed by atoms with van der Waals surface area (Å²) < 4.78 is 32.9. The number of terminal acetylenes is 1. The third kappa shape index (κ3) is 11.7. The highest BCUT2D eigenvalue weighted by atomic mass is 31.0. The highest BCUT2D eigenvalue weighted by Gasteiger charge is 2.24. The van der Waals surface area contributed by atoms with Crippen LogP contribution in [-0.4, -0.2) is 66.8 Å². The molecule has 37 heavy (non-hydrogen) atoms. The van der Waals surface area contributed by atoms with Crippen molar-refractivity contribution in [3.8, 4) is 12.3 Å². The Balaban J connectivity index is 2.67. The number of nitrogens with zero attached hydrogens (tertiary/aromatic N) is 1. The number of aldehydes is 1. The fourth-order valence-corrected chi connectivity index (χ4v) is 4.18. The van der Waals surface area contributed by atoms with E-state index in [0.29, 0.717) is 25.8 Å². The Morgan fingerprint density at radius 3 is 2.49 bits per heavy atom. The monoisotopic (exact) mass is 559 g/mol. The number of carbonyl (C=O) groups excluding carboxylic acids is 4. The van der Waals surface area contributed by atoms with Gasteiger partial charge >= 0.3 is 6.03 Å². The second kappa shape index (κ2) is 18.0. The molecule has 2 unspecified atom stereocenters. The number of halogens is 2. The number of allylic oxidation sites excluding steroid dienone is 3. The summed E-state index contributed by atoms with van der Waals surface area (Å²) in [5.74, 6) is -3.09. The number of nitrogens with one attached hydrogen (secondary N) is 2. The SMILES string of the molecule is C#C/C(F)=C(F)\C(OCC(=O)[C@H](CC=O)NC(=O)CCCN(CCC)C(=O)NC1CCCC1)=C(\P)CP. The maximum Gasteiger partial charge on any atom is 0.317 e. The lowest BCUT2D eigenvalue weighted by atomic mass is 10.1. The number of urea groups is 1. The number of hydrogen-bond donors (Lipinski definition) is 2. The number of hydrogen-bond acceptors (Lipinski definition) is 5. The first-order chi connectivity index (χ1) is 17.7. The average Bonchev–Trinajstić information content (AvgIpc) is 3.39. The van der Waals surface area contributed by atoms with Crippen LogP contribution in [0.2, 0.25) is 0 Å². The molecular weight excluding hydrogens is 522 g/mol. The van der Waals surface area contributed by atoms with Crippen LogP contribution in [0.15, 0.2) is 22.7 Å². The third-order valence-electron chi connectivity index (χ3n) is 5.74. The Morgan fingerprint density at radius 1 is 1.24 bits per heavy atom. The second-order valence-electron chi connectivity index (χ2n) is 8.63. The van der Waals surface area contributed by atoms with Crippen LogP contribution in [0.1, 0.15) is 58.3 Å². The van der Waals surface area contributed by atoms with Gasteiger partial charge in [0.15, 0.2) is 11.5 Å². The van der Waals surface area contributed by atoms with Gasteiger partial charge in [-0.3, -0.25) is 9.59 Å². The van der Waals surface area contributed by atoms with Crippen LogP contribution in [-0.2, 0) is 19.1 Å². The molecule has 0 aromatic carbocycles. The van der Waals surface area contributed by atoms with Crippen molar-refractivity contribution in [2.75, 3.05) is 25.9 Å². The molecule has 206 valence electrons. The van der Waals surface area contributed by atoms with Crippen molar-refractivity contribution in [3.05, 3.63) is 22.7 Å². The van der Waals surface area contributed by atoms with E-state index in [1.54, 1.807) is 4.90 Å². The second-order valence-corrected chi connectivity index (χ2v) is 9.73. The third-order valence-corrected chi connectivity index (χ3v) is 7.15. The Bertz CT molecular complexity index is 914. The van der Waals surface area contributed by atoms with E-state index in [2.05, 4.69) is 29.1 Å². The maximum atomic E-state index is 14.2. The number of rotatable bonds is 16. The first kappa shape index (κ1) is 32.7. The predicted octanol–water partition coefficient (Wildman–Crippen LogP) is 3.54. The fraction of sp³-hybridized carbons (Fsp3) is 0.600. The van der Waals surface area contributed by atoms with E-state index in [-0.39, 0.29) is 36.4 Å². The van der Waals surface area contributed by atoms with E-state index in [9.17, 15) is 28.0 Å². The summed E-state index contributed by atoms with van der Waals surface area (Å²) in [5.41, 5.74) is 0. The molecule has 3 amide bonds. The van der Waals surface area contributed by atoms with E-state index >= 15 is 0 Å². The van der Waals surface area contributed by atoms with Crippen LogP contribution in [0.4, 0.5) is 13.6 Å². The number of carbonyl (C=O) groups is 4. The van der Waals surface area contributed by atoms with Crippen LogP contribution in [0.3, 0.4) is 0 Å². The molecule has 1 rings (SSSR count). The minimum Gasteiger partial charge on any atom is -0.482 e. The molecule has 0 saturated heterocycles. The summed E-state index contributed by atoms with van der Waals surface area (Å²) in [4.78, 5) is 50.4. The van der Waals surface area contributed by atoms with E-state index < -0.39 is 41.8 Å². The van der Waals surface area contributed by atoms with Crippen molar-refractivity contribution >= 4 is 42.5 Å². The van der Waals surface area contributed by atoms with Gasteiger partial charge in [0.2, 0.25) is 17.6 Å². The van der Waals surface area contributed by atoms with Crippen LogP contribution < -0.4 is 10.6 Å². The molecule has 12 heteroatoms. The summed E-state index contributed by atoms with van der Waals surface area (Å²) >= 11 is 0. The highest BCUT2D eigenvalue weighted by Crippen LogP contribution is 2.27. The van der Waals surface area contributed by atoms with Crippen molar-refractivity contribution in [3.63, 3.8) is 0 Å². The van der Waals surface area contributed by atoms with Crippen molar-refractivity contribution in [2.45, 2.75) is 70.4 Å². The van der Waals surface area contributed by atoms with Crippen LogP contribution in [0.25, 0.3) is 0 Å². The Kier molecular flexibility index (Phi) is 15.9. The molecule has 8 nitrogen and oxygen atoms in total. The van der Waals surface area contributed by atoms with Gasteiger partial charge < -0.3 is 25.1 Å². The molecule has 3 atom stereocenters. The van der Waals surface area contributed by atoms with Crippen molar-refractivity contribution in [1.82, 2.24) is 15.5 Å². The lowest BCUT2D eigenvalue weighted by Gasteiger charge is -2.25. The molecule has 1 saturated carbocycles. The molecular formula is C25H37F2N3O5P2. The first-order valence-electron chi connectivity index (χ1n) is 12.3.